The number of rotatable bonds is 56. The number of phosphoric ester groups is 1. The number of nitrogens with one attached hydrogen (secondary N) is 1. The SMILES string of the molecule is CC/C=C\C/C=C\C/C=C\C/C=C\C/C=C\CCCC(=O)NC(COP(=O)([O-])OCC[N+](C)(C)C)C(/C=C\CCCCCCCCCCCCC)OC(=O)CCCCCCCCC/C=C\C/C=C\C/C=C\C/C=C\CCCCC. The molecule has 3 atom stereocenters. The Bertz CT molecular complexity index is 1770. The van der Waals surface area contributed by atoms with Crippen molar-refractivity contribution in [2.75, 3.05) is 40.9 Å². The summed E-state index contributed by atoms with van der Waals surface area (Å²) in [7, 11) is 1.13. The van der Waals surface area contributed by atoms with Gasteiger partial charge in [0, 0.05) is 12.8 Å². The van der Waals surface area contributed by atoms with E-state index in [1.54, 1.807) is 0 Å². The number of ether oxygens (including phenoxy) is 1. The summed E-state index contributed by atoms with van der Waals surface area (Å²) >= 11 is 0. The van der Waals surface area contributed by atoms with Gasteiger partial charge in [-0.15, -0.1) is 0 Å². The van der Waals surface area contributed by atoms with Gasteiger partial charge in [0.1, 0.15) is 19.3 Å². The standard InChI is InChI=1S/C69H119N2O7P/c1-7-10-13-16-19-22-25-28-30-32-33-34-35-36-37-39-41-44-47-50-53-56-59-62-69(73)78-67(60-57-54-51-48-45-42-27-24-21-18-15-12-9-3)66(65-77-79(74,75)76-64-63-71(4,5)6)70-68(72)61-58-55-52-49-46-43-40-38-31-29-26-23-20-17-14-11-8-2/h11,14,19-20,22-23,28-31,33-34,36-37,40,43,49,52,57,60,66-67H,7-10,12-13,15-18,21,24-27,32,35,38-39,41-42,44-48,50-51,53-56,58-59,61-65H2,1-6H3,(H-,70,72,74,75)/b14-11-,22-19-,23-20-,30-28-,31-29-,34-33-,37-36-,43-40-,52-49-,60-57-. The third-order valence-corrected chi connectivity index (χ3v) is 14.3. The van der Waals surface area contributed by atoms with Crippen LogP contribution in [0.1, 0.15) is 252 Å². The minimum atomic E-state index is -4.73. The molecule has 0 aliphatic heterocycles. The zero-order valence-electron chi connectivity index (χ0n) is 51.5. The van der Waals surface area contributed by atoms with E-state index in [1.807, 2.05) is 33.3 Å². The van der Waals surface area contributed by atoms with E-state index in [0.717, 1.165) is 103 Å². The molecule has 0 aromatic rings. The fourth-order valence-corrected chi connectivity index (χ4v) is 9.20. The zero-order chi connectivity index (χ0) is 57.9. The smallest absolute Gasteiger partial charge is 0.306 e. The van der Waals surface area contributed by atoms with Crippen LogP contribution in [0, 0.1) is 0 Å². The van der Waals surface area contributed by atoms with E-state index >= 15 is 0 Å². The Hall–Kier alpha value is -3.59. The summed E-state index contributed by atoms with van der Waals surface area (Å²) in [6.45, 7) is 6.64. The number of carbonyl (C=O) groups is 2. The number of phosphoric acid groups is 1. The van der Waals surface area contributed by atoms with Crippen molar-refractivity contribution in [3.8, 4) is 0 Å². The lowest BCUT2D eigenvalue weighted by Gasteiger charge is -2.30. The quantitative estimate of drug-likeness (QED) is 0.0212. The molecule has 0 saturated heterocycles. The molecule has 0 aliphatic carbocycles. The first kappa shape index (κ1) is 75.4. The Morgan fingerprint density at radius 3 is 1.27 bits per heavy atom. The maximum absolute atomic E-state index is 13.5. The molecule has 0 fully saturated rings. The fourth-order valence-electron chi connectivity index (χ4n) is 8.48. The highest BCUT2D eigenvalue weighted by molar-refractivity contribution is 7.45. The van der Waals surface area contributed by atoms with Gasteiger partial charge in [-0.1, -0.05) is 245 Å². The maximum Gasteiger partial charge on any atom is 0.306 e. The third-order valence-electron chi connectivity index (χ3n) is 13.4. The number of amides is 1. The summed E-state index contributed by atoms with van der Waals surface area (Å²) in [5, 5.41) is 2.99. The second-order valence-electron chi connectivity index (χ2n) is 22.2. The van der Waals surface area contributed by atoms with Gasteiger partial charge >= 0.3 is 5.97 Å². The molecule has 0 aliphatic rings. The van der Waals surface area contributed by atoms with Gasteiger partial charge in [0.25, 0.3) is 7.82 Å². The topological polar surface area (TPSA) is 114 Å². The van der Waals surface area contributed by atoms with Crippen molar-refractivity contribution in [1.29, 1.82) is 0 Å². The number of likely N-dealkylation sites (N-methyl/N-ethyl adjacent to an activating group) is 1. The number of esters is 1. The lowest BCUT2D eigenvalue weighted by molar-refractivity contribution is -0.870. The highest BCUT2D eigenvalue weighted by atomic mass is 31.2. The molecule has 0 rings (SSSR count). The van der Waals surface area contributed by atoms with E-state index in [0.29, 0.717) is 23.9 Å². The van der Waals surface area contributed by atoms with Crippen LogP contribution in [-0.2, 0) is 27.9 Å². The molecule has 0 saturated carbocycles. The van der Waals surface area contributed by atoms with Crippen LogP contribution in [0.2, 0.25) is 0 Å². The van der Waals surface area contributed by atoms with Crippen molar-refractivity contribution in [1.82, 2.24) is 5.32 Å². The van der Waals surface area contributed by atoms with E-state index in [9.17, 15) is 19.0 Å². The molecule has 9 nitrogen and oxygen atoms in total. The average Bonchev–Trinajstić information content (AvgIpc) is 3.41. The van der Waals surface area contributed by atoms with Crippen LogP contribution in [0.15, 0.2) is 122 Å². The number of hydrogen-bond acceptors (Lipinski definition) is 7. The predicted octanol–water partition coefficient (Wildman–Crippen LogP) is 19.3. The van der Waals surface area contributed by atoms with Gasteiger partial charge in [0.2, 0.25) is 5.91 Å². The number of hydrogen-bond donors (Lipinski definition) is 1. The van der Waals surface area contributed by atoms with Crippen LogP contribution in [0.25, 0.3) is 0 Å². The van der Waals surface area contributed by atoms with Gasteiger partial charge in [-0.3, -0.25) is 14.2 Å². The van der Waals surface area contributed by atoms with E-state index in [1.165, 1.54) is 103 Å². The first-order valence-electron chi connectivity index (χ1n) is 31.8. The number of allylic oxidation sites excluding steroid dienone is 19. The van der Waals surface area contributed by atoms with Gasteiger partial charge in [-0.25, -0.2) is 0 Å². The Labute approximate surface area is 486 Å². The van der Waals surface area contributed by atoms with Gasteiger partial charge < -0.3 is 28.5 Å². The van der Waals surface area contributed by atoms with E-state index < -0.39 is 26.6 Å². The molecule has 0 spiro atoms. The number of carbonyl (C=O) groups excluding carboxylic acids is 2. The van der Waals surface area contributed by atoms with Crippen LogP contribution < -0.4 is 10.2 Å². The summed E-state index contributed by atoms with van der Waals surface area (Å²) in [4.78, 5) is 40.0. The monoisotopic (exact) mass is 1120 g/mol. The molecular formula is C69H119N2O7P. The molecule has 79 heavy (non-hydrogen) atoms. The number of nitrogens with zero attached hydrogens (tertiary/aromatic N) is 1. The second kappa shape index (κ2) is 57.6. The molecule has 452 valence electrons. The minimum Gasteiger partial charge on any atom is -0.756 e. The Morgan fingerprint density at radius 2 is 0.823 bits per heavy atom. The Morgan fingerprint density at radius 1 is 0.456 bits per heavy atom. The molecular weight excluding hydrogens is 1000 g/mol. The largest absolute Gasteiger partial charge is 0.756 e. The summed E-state index contributed by atoms with van der Waals surface area (Å²) < 4.78 is 30.3. The van der Waals surface area contributed by atoms with Crippen LogP contribution in [0.4, 0.5) is 0 Å². The number of quaternary nitrogens is 1. The van der Waals surface area contributed by atoms with Crippen LogP contribution >= 0.6 is 7.82 Å². The van der Waals surface area contributed by atoms with E-state index in [4.69, 9.17) is 13.8 Å². The average molecular weight is 1120 g/mol. The lowest BCUT2D eigenvalue weighted by Crippen LogP contribution is -2.47. The van der Waals surface area contributed by atoms with Gasteiger partial charge in [0.05, 0.1) is 33.8 Å². The van der Waals surface area contributed by atoms with Crippen molar-refractivity contribution >= 4 is 19.7 Å². The summed E-state index contributed by atoms with van der Waals surface area (Å²) in [5.41, 5.74) is 0. The first-order chi connectivity index (χ1) is 38.4. The molecule has 0 radical (unpaired) electrons. The molecule has 0 aromatic heterocycles. The van der Waals surface area contributed by atoms with Gasteiger partial charge in [0.15, 0.2) is 0 Å². The van der Waals surface area contributed by atoms with Crippen LogP contribution in [-0.4, -0.2) is 69.4 Å². The Balaban J connectivity index is 5.35. The van der Waals surface area contributed by atoms with Crippen molar-refractivity contribution in [3.05, 3.63) is 122 Å². The zero-order valence-corrected chi connectivity index (χ0v) is 52.4. The molecule has 10 heteroatoms. The third kappa shape index (κ3) is 58.9. The normalized spacial score (nSPS) is 14.5. The van der Waals surface area contributed by atoms with E-state index in [2.05, 4.69) is 135 Å². The van der Waals surface area contributed by atoms with Crippen molar-refractivity contribution < 1.29 is 37.3 Å². The fraction of sp³-hybridized carbons (Fsp3) is 0.681. The first-order valence-corrected chi connectivity index (χ1v) is 33.3. The minimum absolute atomic E-state index is 0.0412. The van der Waals surface area contributed by atoms with Crippen molar-refractivity contribution in [3.63, 3.8) is 0 Å². The summed E-state index contributed by atoms with van der Waals surface area (Å²) in [6, 6.07) is -0.931. The van der Waals surface area contributed by atoms with Crippen molar-refractivity contribution in [2.24, 2.45) is 0 Å². The van der Waals surface area contributed by atoms with Crippen LogP contribution in [0.3, 0.4) is 0 Å². The lowest BCUT2D eigenvalue weighted by atomic mass is 10.0. The maximum atomic E-state index is 13.5. The van der Waals surface area contributed by atoms with Crippen molar-refractivity contribution in [2.45, 2.75) is 264 Å². The van der Waals surface area contributed by atoms with Crippen LogP contribution in [0.5, 0.6) is 0 Å². The van der Waals surface area contributed by atoms with Gasteiger partial charge in [-0.2, -0.15) is 0 Å². The molecule has 3 unspecified atom stereocenters. The van der Waals surface area contributed by atoms with E-state index in [-0.39, 0.29) is 31.3 Å². The molecule has 0 heterocycles. The highest BCUT2D eigenvalue weighted by Gasteiger charge is 2.27. The Kier molecular flexibility index (Phi) is 55.0. The summed E-state index contributed by atoms with van der Waals surface area (Å²) in [5.74, 6) is -0.628. The summed E-state index contributed by atoms with van der Waals surface area (Å²) in [6.07, 6.45) is 80.3. The molecule has 1 N–H and O–H groups in total. The molecule has 1 amide bonds. The molecule has 0 aromatic carbocycles. The number of unbranched alkanes of at least 4 members (excludes halogenated alkanes) is 22. The second-order valence-corrected chi connectivity index (χ2v) is 23.6. The predicted molar refractivity (Wildman–Crippen MR) is 339 cm³/mol. The highest BCUT2D eigenvalue weighted by Crippen LogP contribution is 2.38. The molecule has 0 bridgehead atoms. The van der Waals surface area contributed by atoms with Gasteiger partial charge in [-0.05, 0) is 115 Å².